The van der Waals surface area contributed by atoms with Crippen molar-refractivity contribution in [1.29, 1.82) is 0 Å². The minimum atomic E-state index is 0.331. The van der Waals surface area contributed by atoms with Gasteiger partial charge in [0.15, 0.2) is 17.1 Å². The van der Waals surface area contributed by atoms with Crippen LogP contribution < -0.4 is 0 Å². The third-order valence-corrected chi connectivity index (χ3v) is 4.84. The predicted octanol–water partition coefficient (Wildman–Crippen LogP) is 4.68. The fourth-order valence-electron chi connectivity index (χ4n) is 2.65. The van der Waals surface area contributed by atoms with Gasteiger partial charge in [-0.25, -0.2) is 15.0 Å². The first kappa shape index (κ1) is 13.4. The van der Waals surface area contributed by atoms with E-state index in [-0.39, 0.29) is 0 Å². The number of aromatic nitrogens is 4. The highest BCUT2D eigenvalue weighted by atomic mass is 32.1. The van der Waals surface area contributed by atoms with Gasteiger partial charge in [-0.2, -0.15) is 0 Å². The van der Waals surface area contributed by atoms with Gasteiger partial charge in [0, 0.05) is 6.04 Å². The van der Waals surface area contributed by atoms with Crippen molar-refractivity contribution in [1.82, 2.24) is 19.5 Å². The van der Waals surface area contributed by atoms with Crippen molar-refractivity contribution in [2.75, 3.05) is 0 Å². The molecule has 3 aromatic heterocycles. The summed E-state index contributed by atoms with van der Waals surface area (Å²) in [6, 6.07) is 12.4. The molecule has 0 spiro atoms. The quantitative estimate of drug-likeness (QED) is 0.552. The van der Waals surface area contributed by atoms with Crippen LogP contribution in [0.25, 0.3) is 33.0 Å². The van der Waals surface area contributed by atoms with E-state index in [0.717, 1.165) is 39.5 Å². The number of hydrogen-bond acceptors (Lipinski definition) is 4. The van der Waals surface area contributed by atoms with Crippen LogP contribution in [0.15, 0.2) is 41.8 Å². The minimum absolute atomic E-state index is 0.331. The summed E-state index contributed by atoms with van der Waals surface area (Å²) in [7, 11) is 0. The van der Waals surface area contributed by atoms with E-state index < -0.39 is 0 Å². The summed E-state index contributed by atoms with van der Waals surface area (Å²) in [5.41, 5.74) is 3.40. The second-order valence-electron chi connectivity index (χ2n) is 5.40. The lowest BCUT2D eigenvalue weighted by Crippen LogP contribution is -2.06. The summed E-state index contributed by atoms with van der Waals surface area (Å²) in [4.78, 5) is 15.4. The van der Waals surface area contributed by atoms with Crippen LogP contribution in [0.5, 0.6) is 0 Å². The highest BCUT2D eigenvalue weighted by molar-refractivity contribution is 7.13. The van der Waals surface area contributed by atoms with Gasteiger partial charge in [-0.15, -0.1) is 11.3 Å². The van der Waals surface area contributed by atoms with Gasteiger partial charge in [-0.05, 0) is 36.9 Å². The fraction of sp³-hybridized carbons (Fsp3) is 0.235. The van der Waals surface area contributed by atoms with Crippen LogP contribution in [0.3, 0.4) is 0 Å². The van der Waals surface area contributed by atoms with Crippen LogP contribution in [-0.2, 0) is 0 Å². The Bertz CT molecular complexity index is 940. The molecule has 4 rings (SSSR count). The van der Waals surface area contributed by atoms with E-state index in [1.54, 1.807) is 11.3 Å². The van der Waals surface area contributed by atoms with Gasteiger partial charge in [-0.3, -0.25) is 0 Å². The second-order valence-corrected chi connectivity index (χ2v) is 6.35. The predicted molar refractivity (Wildman–Crippen MR) is 91.1 cm³/mol. The lowest BCUT2D eigenvalue weighted by atomic mass is 10.2. The van der Waals surface area contributed by atoms with Crippen LogP contribution in [0, 0.1) is 0 Å². The van der Waals surface area contributed by atoms with Crippen LogP contribution in [0.2, 0.25) is 0 Å². The summed E-state index contributed by atoms with van der Waals surface area (Å²) in [5, 5.41) is 2.08. The summed E-state index contributed by atoms with van der Waals surface area (Å²) in [6.07, 6.45) is 1.03. The lowest BCUT2D eigenvalue weighted by molar-refractivity contribution is 0.547. The summed E-state index contributed by atoms with van der Waals surface area (Å²) in [5.74, 6) is 0.967. The van der Waals surface area contributed by atoms with Gasteiger partial charge in [0.25, 0.3) is 0 Å². The van der Waals surface area contributed by atoms with Crippen molar-refractivity contribution in [3.8, 4) is 10.7 Å². The molecule has 0 aliphatic rings. The van der Waals surface area contributed by atoms with Crippen molar-refractivity contribution in [3.63, 3.8) is 0 Å². The number of para-hydroxylation sites is 2. The third kappa shape index (κ3) is 2.01. The molecule has 5 heteroatoms. The molecule has 0 radical (unpaired) electrons. The number of thiophene rings is 1. The maximum Gasteiger partial charge on any atom is 0.198 e. The SMILES string of the molecule is CC[C@@H](C)n1c(-c2cccs2)nc2nc3ccccc3nc21. The van der Waals surface area contributed by atoms with Crippen molar-refractivity contribution in [2.45, 2.75) is 26.3 Å². The third-order valence-electron chi connectivity index (χ3n) is 3.98. The maximum atomic E-state index is 4.82. The fourth-order valence-corrected chi connectivity index (χ4v) is 3.36. The molecule has 22 heavy (non-hydrogen) atoms. The molecule has 110 valence electrons. The van der Waals surface area contributed by atoms with E-state index in [9.17, 15) is 0 Å². The van der Waals surface area contributed by atoms with E-state index in [2.05, 4.69) is 35.9 Å². The number of benzene rings is 1. The molecule has 4 nitrogen and oxygen atoms in total. The first-order chi connectivity index (χ1) is 10.8. The van der Waals surface area contributed by atoms with Crippen molar-refractivity contribution in [2.24, 2.45) is 0 Å². The molecule has 0 aliphatic carbocycles. The largest absolute Gasteiger partial charge is 0.304 e. The van der Waals surface area contributed by atoms with Gasteiger partial charge in [0.2, 0.25) is 0 Å². The average molecular weight is 308 g/mol. The zero-order valence-corrected chi connectivity index (χ0v) is 13.3. The number of nitrogens with zero attached hydrogens (tertiary/aromatic N) is 4. The molecule has 0 aliphatic heterocycles. The summed E-state index contributed by atoms with van der Waals surface area (Å²) in [6.45, 7) is 4.39. The van der Waals surface area contributed by atoms with E-state index >= 15 is 0 Å². The maximum absolute atomic E-state index is 4.82. The molecule has 0 unspecified atom stereocenters. The number of fused-ring (bicyclic) bond motifs is 2. The number of hydrogen-bond donors (Lipinski definition) is 0. The molecule has 1 atom stereocenters. The van der Waals surface area contributed by atoms with Crippen molar-refractivity contribution < 1.29 is 0 Å². The molecule has 0 saturated carbocycles. The standard InChI is InChI=1S/C17H16N4S/c1-3-11(2)21-16(14-9-6-10-22-14)20-15-17(21)19-13-8-5-4-7-12(13)18-15/h4-11H,3H2,1-2H3/t11-/m1/s1. The van der Waals surface area contributed by atoms with Crippen LogP contribution in [0.4, 0.5) is 0 Å². The van der Waals surface area contributed by atoms with Gasteiger partial charge in [0.1, 0.15) is 0 Å². The molecule has 4 aromatic rings. The second kappa shape index (κ2) is 5.18. The van der Waals surface area contributed by atoms with E-state index in [4.69, 9.17) is 15.0 Å². The Balaban J connectivity index is 2.08. The Morgan fingerprint density at radius 1 is 1.05 bits per heavy atom. The normalized spacial score (nSPS) is 13.0. The van der Waals surface area contributed by atoms with Crippen LogP contribution in [-0.4, -0.2) is 19.5 Å². The average Bonchev–Trinajstić information content (AvgIpc) is 3.19. The zero-order valence-electron chi connectivity index (χ0n) is 12.5. The van der Waals surface area contributed by atoms with Crippen molar-refractivity contribution in [3.05, 3.63) is 41.8 Å². The highest BCUT2D eigenvalue weighted by Gasteiger charge is 2.19. The number of rotatable bonds is 3. The topological polar surface area (TPSA) is 43.6 Å². The molecule has 0 N–H and O–H groups in total. The molecule has 0 bridgehead atoms. The van der Waals surface area contributed by atoms with Gasteiger partial charge >= 0.3 is 0 Å². The molecular weight excluding hydrogens is 292 g/mol. The minimum Gasteiger partial charge on any atom is -0.304 e. The first-order valence-electron chi connectivity index (χ1n) is 7.46. The summed E-state index contributed by atoms with van der Waals surface area (Å²) >= 11 is 1.70. The van der Waals surface area contributed by atoms with E-state index in [1.807, 2.05) is 24.3 Å². The van der Waals surface area contributed by atoms with Gasteiger partial charge in [-0.1, -0.05) is 25.1 Å². The number of imidazole rings is 1. The Hall–Kier alpha value is -2.27. The lowest BCUT2D eigenvalue weighted by Gasteiger charge is -2.14. The Morgan fingerprint density at radius 2 is 1.82 bits per heavy atom. The molecule has 0 saturated heterocycles. The zero-order chi connectivity index (χ0) is 15.1. The Kier molecular flexibility index (Phi) is 3.15. The smallest absolute Gasteiger partial charge is 0.198 e. The van der Waals surface area contributed by atoms with Crippen LogP contribution in [0.1, 0.15) is 26.3 Å². The Morgan fingerprint density at radius 3 is 2.50 bits per heavy atom. The highest BCUT2D eigenvalue weighted by Crippen LogP contribution is 2.31. The van der Waals surface area contributed by atoms with Crippen molar-refractivity contribution >= 4 is 33.7 Å². The molecule has 3 heterocycles. The Labute approximate surface area is 132 Å². The van der Waals surface area contributed by atoms with Crippen LogP contribution >= 0.6 is 11.3 Å². The first-order valence-corrected chi connectivity index (χ1v) is 8.34. The van der Waals surface area contributed by atoms with E-state index in [1.165, 1.54) is 0 Å². The van der Waals surface area contributed by atoms with E-state index in [0.29, 0.717) is 6.04 Å². The monoisotopic (exact) mass is 308 g/mol. The van der Waals surface area contributed by atoms with Gasteiger partial charge in [0.05, 0.1) is 15.9 Å². The summed E-state index contributed by atoms with van der Waals surface area (Å²) < 4.78 is 2.22. The van der Waals surface area contributed by atoms with Gasteiger partial charge < -0.3 is 4.57 Å². The molecular formula is C17H16N4S. The molecule has 1 aromatic carbocycles. The molecule has 0 fully saturated rings. The molecule has 0 amide bonds.